The van der Waals surface area contributed by atoms with Crippen molar-refractivity contribution in [2.75, 3.05) is 19.6 Å². The van der Waals surface area contributed by atoms with E-state index in [2.05, 4.69) is 9.47 Å². The van der Waals surface area contributed by atoms with E-state index in [1.807, 2.05) is 42.6 Å². The van der Waals surface area contributed by atoms with E-state index in [1.54, 1.807) is 12.1 Å². The number of hydrogen-bond acceptors (Lipinski definition) is 2. The van der Waals surface area contributed by atoms with Gasteiger partial charge in [-0.1, -0.05) is 30.3 Å². The summed E-state index contributed by atoms with van der Waals surface area (Å²) in [5, 5.41) is 0.938. The number of aromatic nitrogens is 1. The third-order valence-corrected chi connectivity index (χ3v) is 6.32. The molecule has 0 atom stereocenters. The number of carbonyl (C=O) groups excluding carboxylic acids is 1. The number of likely N-dealkylation sites (tertiary alicyclic amines) is 1. The van der Waals surface area contributed by atoms with Gasteiger partial charge in [0.2, 0.25) is 0 Å². The number of primary amides is 1. The molecule has 0 radical (unpaired) electrons. The van der Waals surface area contributed by atoms with Crippen LogP contribution >= 0.6 is 0 Å². The Kier molecular flexibility index (Phi) is 6.48. The molecule has 4 nitrogen and oxygen atoms in total. The number of nitrogens with two attached hydrogens (primary N) is 1. The van der Waals surface area contributed by atoms with Crippen LogP contribution in [0, 0.1) is 11.7 Å². The van der Waals surface area contributed by atoms with Gasteiger partial charge in [0.25, 0.3) is 5.91 Å². The second-order valence-corrected chi connectivity index (χ2v) is 8.44. The van der Waals surface area contributed by atoms with E-state index in [-0.39, 0.29) is 11.7 Å². The van der Waals surface area contributed by atoms with Gasteiger partial charge in [-0.2, -0.15) is 0 Å². The van der Waals surface area contributed by atoms with Crippen molar-refractivity contribution in [3.63, 3.8) is 0 Å². The Hall–Kier alpha value is -2.66. The van der Waals surface area contributed by atoms with E-state index in [0.29, 0.717) is 11.5 Å². The van der Waals surface area contributed by atoms with Gasteiger partial charge in [0, 0.05) is 23.6 Å². The zero-order valence-electron chi connectivity index (χ0n) is 17.4. The predicted molar refractivity (Wildman–Crippen MR) is 119 cm³/mol. The highest BCUT2D eigenvalue weighted by Crippen LogP contribution is 2.23. The smallest absolute Gasteiger partial charge is 0.250 e. The predicted octanol–water partition coefficient (Wildman–Crippen LogP) is 4.61. The maximum absolute atomic E-state index is 13.1. The minimum atomic E-state index is -0.367. The summed E-state index contributed by atoms with van der Waals surface area (Å²) in [6.45, 7) is 4.30. The molecule has 2 heterocycles. The molecule has 5 heteroatoms. The van der Waals surface area contributed by atoms with Gasteiger partial charge in [-0.25, -0.2) is 4.39 Å². The van der Waals surface area contributed by atoms with Crippen LogP contribution in [0.1, 0.15) is 41.6 Å². The third-order valence-electron chi connectivity index (χ3n) is 6.32. The number of para-hydroxylation sites is 1. The number of nitrogens with zero attached hydrogens (tertiary/aromatic N) is 2. The summed E-state index contributed by atoms with van der Waals surface area (Å²) >= 11 is 0. The van der Waals surface area contributed by atoms with E-state index in [1.165, 1.54) is 18.4 Å². The summed E-state index contributed by atoms with van der Waals surface area (Å²) in [6.07, 6.45) is 7.58. The van der Waals surface area contributed by atoms with E-state index in [0.717, 1.165) is 56.3 Å². The lowest BCUT2D eigenvalue weighted by atomic mass is 9.90. The van der Waals surface area contributed by atoms with Crippen molar-refractivity contribution >= 4 is 16.8 Å². The fourth-order valence-corrected chi connectivity index (χ4v) is 4.61. The Morgan fingerprint density at radius 1 is 1.00 bits per heavy atom. The molecule has 1 aliphatic heterocycles. The maximum atomic E-state index is 13.1. The number of halogens is 1. The number of unbranched alkanes of at least 4 members (excludes halogenated alkanes) is 1. The van der Waals surface area contributed by atoms with Crippen molar-refractivity contribution in [1.82, 2.24) is 9.47 Å². The van der Waals surface area contributed by atoms with Crippen LogP contribution < -0.4 is 5.73 Å². The summed E-state index contributed by atoms with van der Waals surface area (Å²) in [5.41, 5.74) is 8.46. The Balaban J connectivity index is 1.21. The molecule has 1 aromatic heterocycles. The number of fused-ring (bicyclic) bond motifs is 1. The molecule has 3 aromatic rings. The molecule has 4 rings (SSSR count). The first-order valence-electron chi connectivity index (χ1n) is 10.9. The van der Waals surface area contributed by atoms with Gasteiger partial charge in [-0.05, 0) is 81.4 Å². The number of piperidine rings is 1. The fourth-order valence-electron chi connectivity index (χ4n) is 4.61. The minimum absolute atomic E-state index is 0.160. The second kappa shape index (κ2) is 9.43. The number of benzene rings is 2. The van der Waals surface area contributed by atoms with Crippen LogP contribution in [0.25, 0.3) is 10.9 Å². The number of amides is 1. The molecule has 1 aliphatic rings. The molecule has 1 saturated heterocycles. The van der Waals surface area contributed by atoms with Crippen molar-refractivity contribution in [3.05, 3.63) is 71.7 Å². The highest BCUT2D eigenvalue weighted by atomic mass is 19.1. The van der Waals surface area contributed by atoms with Crippen molar-refractivity contribution in [2.45, 2.75) is 38.6 Å². The normalized spacial score (nSPS) is 15.6. The van der Waals surface area contributed by atoms with E-state index >= 15 is 0 Å². The summed E-state index contributed by atoms with van der Waals surface area (Å²) < 4.78 is 15.2. The number of hydrogen-bond donors (Lipinski definition) is 1. The van der Waals surface area contributed by atoms with Gasteiger partial charge in [-0.3, -0.25) is 4.79 Å². The molecular formula is C25H30FN3O. The van der Waals surface area contributed by atoms with Crippen LogP contribution in [-0.4, -0.2) is 35.0 Å². The van der Waals surface area contributed by atoms with Gasteiger partial charge < -0.3 is 15.2 Å². The first kappa shape index (κ1) is 20.6. The fraction of sp³-hybridized carbons (Fsp3) is 0.400. The Labute approximate surface area is 177 Å². The summed E-state index contributed by atoms with van der Waals surface area (Å²) in [6, 6.07) is 14.9. The number of rotatable bonds is 8. The lowest BCUT2D eigenvalue weighted by Gasteiger charge is -2.32. The van der Waals surface area contributed by atoms with Crippen LogP contribution in [-0.2, 0) is 13.0 Å². The van der Waals surface area contributed by atoms with Crippen LogP contribution in [0.4, 0.5) is 4.39 Å². The van der Waals surface area contributed by atoms with Crippen LogP contribution in [0.5, 0.6) is 0 Å². The zero-order chi connectivity index (χ0) is 20.9. The van der Waals surface area contributed by atoms with E-state index < -0.39 is 0 Å². The van der Waals surface area contributed by atoms with Crippen LogP contribution in [0.15, 0.2) is 54.7 Å². The molecule has 2 aromatic carbocycles. The van der Waals surface area contributed by atoms with Crippen molar-refractivity contribution < 1.29 is 9.18 Å². The molecule has 0 spiro atoms. The largest absolute Gasteiger partial charge is 0.366 e. The Morgan fingerprint density at radius 3 is 2.43 bits per heavy atom. The second-order valence-electron chi connectivity index (χ2n) is 8.44. The molecule has 30 heavy (non-hydrogen) atoms. The van der Waals surface area contributed by atoms with Crippen molar-refractivity contribution in [3.8, 4) is 0 Å². The Morgan fingerprint density at radius 2 is 1.70 bits per heavy atom. The van der Waals surface area contributed by atoms with E-state index in [9.17, 15) is 9.18 Å². The number of carbonyl (C=O) groups is 1. The average molecular weight is 408 g/mol. The van der Waals surface area contributed by atoms with Crippen LogP contribution in [0.2, 0.25) is 0 Å². The monoisotopic (exact) mass is 407 g/mol. The maximum Gasteiger partial charge on any atom is 0.250 e. The Bertz CT molecular complexity index is 987. The molecule has 0 bridgehead atoms. The molecular weight excluding hydrogens is 377 g/mol. The zero-order valence-corrected chi connectivity index (χ0v) is 17.4. The third kappa shape index (κ3) is 4.90. The molecule has 1 fully saturated rings. The summed E-state index contributed by atoms with van der Waals surface area (Å²) in [5.74, 6) is 0.172. The van der Waals surface area contributed by atoms with Gasteiger partial charge in [0.15, 0.2) is 0 Å². The van der Waals surface area contributed by atoms with Gasteiger partial charge in [0.05, 0.1) is 5.56 Å². The van der Waals surface area contributed by atoms with E-state index in [4.69, 9.17) is 5.73 Å². The average Bonchev–Trinajstić information content (AvgIpc) is 3.13. The van der Waals surface area contributed by atoms with Gasteiger partial charge in [-0.15, -0.1) is 0 Å². The lowest BCUT2D eigenvalue weighted by Crippen LogP contribution is -2.35. The highest BCUT2D eigenvalue weighted by molar-refractivity contribution is 6.06. The number of aryl methyl sites for hydroxylation is 1. The molecule has 0 saturated carbocycles. The molecule has 1 amide bonds. The van der Waals surface area contributed by atoms with Crippen molar-refractivity contribution in [2.24, 2.45) is 11.7 Å². The first-order valence-corrected chi connectivity index (χ1v) is 10.9. The topological polar surface area (TPSA) is 51.3 Å². The van der Waals surface area contributed by atoms with Gasteiger partial charge in [0.1, 0.15) is 5.82 Å². The molecule has 2 N–H and O–H groups in total. The summed E-state index contributed by atoms with van der Waals surface area (Å²) in [7, 11) is 0. The highest BCUT2D eigenvalue weighted by Gasteiger charge is 2.19. The quantitative estimate of drug-likeness (QED) is 0.554. The van der Waals surface area contributed by atoms with Gasteiger partial charge >= 0.3 is 0 Å². The van der Waals surface area contributed by atoms with Crippen molar-refractivity contribution in [1.29, 1.82) is 0 Å². The molecule has 158 valence electrons. The SMILES string of the molecule is NC(=O)c1cn(CCCCN2CCC(Cc3ccc(F)cc3)CC2)c2ccccc12. The molecule has 0 aliphatic carbocycles. The summed E-state index contributed by atoms with van der Waals surface area (Å²) in [4.78, 5) is 14.3. The molecule has 0 unspecified atom stereocenters. The minimum Gasteiger partial charge on any atom is -0.366 e. The first-order chi connectivity index (χ1) is 14.6. The lowest BCUT2D eigenvalue weighted by molar-refractivity contribution is 0.100. The van der Waals surface area contributed by atoms with Crippen LogP contribution in [0.3, 0.4) is 0 Å². The standard InChI is InChI=1S/C25H30FN3O/c26-21-9-7-19(8-10-21)17-20-11-15-28(16-12-20)13-3-4-14-29-18-23(25(27)30)22-5-1-2-6-24(22)29/h1-2,5-10,18,20H,3-4,11-17H2,(H2,27,30).